The lowest BCUT2D eigenvalue weighted by Crippen LogP contribution is -2.60. The molecule has 1 aromatic carbocycles. The number of fused-ring (bicyclic) bond motifs is 4. The summed E-state index contributed by atoms with van der Waals surface area (Å²) < 4.78 is 7.97. The molecule has 232 valence electrons. The van der Waals surface area contributed by atoms with E-state index in [-0.39, 0.29) is 34.9 Å². The van der Waals surface area contributed by atoms with Gasteiger partial charge in [-0.05, 0) is 63.3 Å². The van der Waals surface area contributed by atoms with Crippen LogP contribution in [0.25, 0.3) is 11.0 Å². The third-order valence-corrected chi connectivity index (χ3v) is 10.1. The fraction of sp³-hybridized carbons (Fsp3) is 0.545. The van der Waals surface area contributed by atoms with E-state index in [4.69, 9.17) is 9.72 Å². The van der Waals surface area contributed by atoms with E-state index >= 15 is 0 Å². The summed E-state index contributed by atoms with van der Waals surface area (Å²) in [6, 6.07) is 6.86. The maximum absolute atomic E-state index is 13.6. The van der Waals surface area contributed by atoms with Crippen LogP contribution >= 0.6 is 0 Å². The lowest BCUT2D eigenvalue weighted by Gasteiger charge is -2.49. The van der Waals surface area contributed by atoms with Crippen molar-refractivity contribution in [3.8, 4) is 5.75 Å². The molecule has 3 aliphatic heterocycles. The number of Topliss-reactive ketones (excluding diaryl/α,β-unsaturated/α-hetero) is 1. The number of aryl methyl sites for hydroxylation is 1. The van der Waals surface area contributed by atoms with Crippen molar-refractivity contribution < 1.29 is 14.3 Å². The van der Waals surface area contributed by atoms with Crippen LogP contribution in [0, 0.1) is 6.92 Å². The standard InChI is InChI=1S/C33H41N7O4/c1-20-27-17-34-33(36-31(27)40(25-6-4-5-7-25)32(43)30(20)21(2)41)35-23-8-9-29-28(16-23)39-15-14-38(18-26(39)19-44-29)24-10-12-37(13-11-24)22(3)42/h8-9,16-17,24-26H,4-7,10-15,18-19H2,1-3H3,(H,34,35,36)/t26-/m1/s1. The molecule has 11 heteroatoms. The van der Waals surface area contributed by atoms with Crippen LogP contribution in [-0.4, -0.2) is 87.4 Å². The Hall–Kier alpha value is -3.99. The van der Waals surface area contributed by atoms with Gasteiger partial charge in [0, 0.05) is 69.0 Å². The van der Waals surface area contributed by atoms with Gasteiger partial charge < -0.3 is 19.9 Å². The van der Waals surface area contributed by atoms with Crippen LogP contribution in [0.2, 0.25) is 0 Å². The van der Waals surface area contributed by atoms with E-state index in [9.17, 15) is 14.4 Å². The Kier molecular flexibility index (Phi) is 7.52. The Morgan fingerprint density at radius 1 is 0.977 bits per heavy atom. The van der Waals surface area contributed by atoms with Crippen molar-refractivity contribution in [1.29, 1.82) is 0 Å². The van der Waals surface area contributed by atoms with Gasteiger partial charge in [0.15, 0.2) is 5.78 Å². The Labute approximate surface area is 257 Å². The molecule has 1 amide bonds. The van der Waals surface area contributed by atoms with Crippen LogP contribution in [0.15, 0.2) is 29.2 Å². The van der Waals surface area contributed by atoms with Gasteiger partial charge in [0.05, 0.1) is 17.3 Å². The number of carbonyl (C=O) groups is 2. The molecule has 3 aromatic rings. The van der Waals surface area contributed by atoms with Gasteiger partial charge in [0.2, 0.25) is 11.9 Å². The number of piperazine rings is 1. The van der Waals surface area contributed by atoms with Gasteiger partial charge >= 0.3 is 0 Å². The Bertz CT molecular complexity index is 1670. The predicted octanol–water partition coefficient (Wildman–Crippen LogP) is 4.06. The van der Waals surface area contributed by atoms with E-state index in [1.54, 1.807) is 17.7 Å². The summed E-state index contributed by atoms with van der Waals surface area (Å²) in [5.74, 6) is 1.23. The third-order valence-electron chi connectivity index (χ3n) is 10.1. The van der Waals surface area contributed by atoms with E-state index < -0.39 is 0 Å². The zero-order valence-corrected chi connectivity index (χ0v) is 25.8. The number of ether oxygens (including phenoxy) is 1. The van der Waals surface area contributed by atoms with E-state index in [0.717, 1.165) is 93.8 Å². The molecule has 2 aromatic heterocycles. The number of hydrogen-bond donors (Lipinski definition) is 1. The smallest absolute Gasteiger partial charge is 0.263 e. The van der Waals surface area contributed by atoms with Crippen molar-refractivity contribution in [3.05, 3.63) is 45.9 Å². The van der Waals surface area contributed by atoms with Crippen molar-refractivity contribution in [3.63, 3.8) is 0 Å². The van der Waals surface area contributed by atoms with Crippen molar-refractivity contribution in [2.24, 2.45) is 0 Å². The molecule has 1 N–H and O–H groups in total. The third kappa shape index (κ3) is 5.10. The maximum Gasteiger partial charge on any atom is 0.263 e. The zero-order valence-electron chi connectivity index (χ0n) is 25.8. The van der Waals surface area contributed by atoms with E-state index in [0.29, 0.717) is 29.8 Å². The second-order valence-electron chi connectivity index (χ2n) is 12.8. The molecular formula is C33H41N7O4. The molecule has 1 atom stereocenters. The second kappa shape index (κ2) is 11.5. The number of carbonyl (C=O) groups excluding carboxylic acids is 2. The van der Waals surface area contributed by atoms with E-state index in [2.05, 4.69) is 26.2 Å². The molecule has 1 saturated carbocycles. The number of aromatic nitrogens is 3. The SMILES string of the molecule is CC(=O)c1c(C)c2cnc(Nc3ccc4c(c3)N3CCN(C5CCN(C(C)=O)CC5)C[C@@H]3CO4)nc2n(C2CCCC2)c1=O. The summed E-state index contributed by atoms with van der Waals surface area (Å²) in [7, 11) is 0. The molecule has 3 fully saturated rings. The molecule has 0 bridgehead atoms. The molecule has 44 heavy (non-hydrogen) atoms. The second-order valence-corrected chi connectivity index (χ2v) is 12.8. The molecule has 0 radical (unpaired) electrons. The first-order chi connectivity index (χ1) is 21.3. The number of amides is 1. The summed E-state index contributed by atoms with van der Waals surface area (Å²) in [5, 5.41) is 4.12. The Balaban J connectivity index is 1.13. The lowest BCUT2D eigenvalue weighted by atomic mass is 9.99. The van der Waals surface area contributed by atoms with Crippen molar-refractivity contribution in [2.75, 3.05) is 49.5 Å². The zero-order chi connectivity index (χ0) is 30.5. The minimum Gasteiger partial charge on any atom is -0.489 e. The number of rotatable bonds is 5. The normalized spacial score (nSPS) is 21.2. The predicted molar refractivity (Wildman–Crippen MR) is 169 cm³/mol. The molecule has 2 saturated heterocycles. The molecule has 1 aliphatic carbocycles. The van der Waals surface area contributed by atoms with Crippen LogP contribution in [0.5, 0.6) is 5.75 Å². The molecule has 4 aliphatic rings. The maximum atomic E-state index is 13.6. The van der Waals surface area contributed by atoms with Crippen molar-refractivity contribution in [1.82, 2.24) is 24.3 Å². The van der Waals surface area contributed by atoms with E-state index in [1.165, 1.54) is 6.92 Å². The summed E-state index contributed by atoms with van der Waals surface area (Å²) >= 11 is 0. The minimum absolute atomic E-state index is 0.0321. The lowest BCUT2D eigenvalue weighted by molar-refractivity contribution is -0.130. The fourth-order valence-corrected chi connectivity index (χ4v) is 7.78. The summed E-state index contributed by atoms with van der Waals surface area (Å²) in [6.45, 7) is 10.1. The van der Waals surface area contributed by atoms with Gasteiger partial charge in [-0.2, -0.15) is 4.98 Å². The van der Waals surface area contributed by atoms with Crippen LogP contribution in [0.4, 0.5) is 17.3 Å². The van der Waals surface area contributed by atoms with Gasteiger partial charge in [0.1, 0.15) is 18.0 Å². The van der Waals surface area contributed by atoms with Crippen LogP contribution in [0.1, 0.15) is 74.3 Å². The largest absolute Gasteiger partial charge is 0.489 e. The number of pyridine rings is 1. The number of nitrogens with one attached hydrogen (secondary N) is 1. The number of piperidine rings is 1. The minimum atomic E-state index is -0.250. The number of benzene rings is 1. The van der Waals surface area contributed by atoms with Crippen molar-refractivity contribution in [2.45, 2.75) is 77.4 Å². The highest BCUT2D eigenvalue weighted by Crippen LogP contribution is 2.39. The highest BCUT2D eigenvalue weighted by Gasteiger charge is 2.36. The van der Waals surface area contributed by atoms with Gasteiger partial charge in [-0.3, -0.25) is 23.9 Å². The average molecular weight is 600 g/mol. The van der Waals surface area contributed by atoms with Gasteiger partial charge in [-0.1, -0.05) is 12.8 Å². The molecule has 0 spiro atoms. The van der Waals surface area contributed by atoms with Gasteiger partial charge in [0.25, 0.3) is 5.56 Å². The van der Waals surface area contributed by atoms with Gasteiger partial charge in [-0.15, -0.1) is 0 Å². The molecular weight excluding hydrogens is 558 g/mol. The first-order valence-corrected chi connectivity index (χ1v) is 16.0. The topological polar surface area (TPSA) is 113 Å². The van der Waals surface area contributed by atoms with Crippen LogP contribution < -0.4 is 20.5 Å². The van der Waals surface area contributed by atoms with Crippen LogP contribution in [-0.2, 0) is 4.79 Å². The van der Waals surface area contributed by atoms with Crippen LogP contribution in [0.3, 0.4) is 0 Å². The number of anilines is 3. The first-order valence-electron chi connectivity index (χ1n) is 16.0. The van der Waals surface area contributed by atoms with E-state index in [1.807, 2.05) is 24.0 Å². The fourth-order valence-electron chi connectivity index (χ4n) is 7.78. The number of hydrogen-bond acceptors (Lipinski definition) is 9. The van der Waals surface area contributed by atoms with Gasteiger partial charge in [-0.25, -0.2) is 4.98 Å². The highest BCUT2D eigenvalue weighted by molar-refractivity contribution is 5.99. The summed E-state index contributed by atoms with van der Waals surface area (Å²) in [5.41, 5.74) is 3.10. The summed E-state index contributed by atoms with van der Waals surface area (Å²) in [6.07, 6.45) is 7.70. The Morgan fingerprint density at radius 2 is 1.75 bits per heavy atom. The summed E-state index contributed by atoms with van der Waals surface area (Å²) in [4.78, 5) is 54.3. The van der Waals surface area contributed by atoms with Crippen molar-refractivity contribution >= 4 is 40.0 Å². The number of likely N-dealkylation sites (tertiary alicyclic amines) is 1. The highest BCUT2D eigenvalue weighted by atomic mass is 16.5. The molecule has 0 unspecified atom stereocenters. The Morgan fingerprint density at radius 3 is 2.48 bits per heavy atom. The average Bonchev–Trinajstić information content (AvgIpc) is 3.55. The molecule has 11 nitrogen and oxygen atoms in total. The monoisotopic (exact) mass is 599 g/mol. The number of nitrogens with zero attached hydrogens (tertiary/aromatic N) is 6. The first kappa shape index (κ1) is 28.8. The molecule has 7 rings (SSSR count). The molecule has 5 heterocycles. The number of ketones is 1. The quantitative estimate of drug-likeness (QED) is 0.434.